The second-order valence-corrected chi connectivity index (χ2v) is 12.8. The van der Waals surface area contributed by atoms with E-state index in [1.165, 1.54) is 24.3 Å². The van der Waals surface area contributed by atoms with Gasteiger partial charge in [0, 0.05) is 72.2 Å². The van der Waals surface area contributed by atoms with E-state index < -0.39 is 21.8 Å². The molecule has 0 saturated carbocycles. The van der Waals surface area contributed by atoms with Gasteiger partial charge in [0.05, 0.1) is 21.0 Å². The molecule has 0 fully saturated rings. The lowest BCUT2D eigenvalue weighted by Gasteiger charge is -2.20. The van der Waals surface area contributed by atoms with Crippen molar-refractivity contribution in [2.45, 2.75) is 25.7 Å². The largest absolute Gasteiger partial charge is 0.507 e. The van der Waals surface area contributed by atoms with Crippen LogP contribution in [-0.4, -0.2) is 32.0 Å². The number of ether oxygens (including phenoxy) is 2. The maximum atomic E-state index is 13.4. The van der Waals surface area contributed by atoms with Crippen molar-refractivity contribution in [2.24, 2.45) is 0 Å². The Hall–Kier alpha value is -7.34. The first kappa shape index (κ1) is 35.1. The molecule has 0 heterocycles. The Morgan fingerprint density at radius 2 is 0.759 bits per heavy atom. The molecule has 12 nitrogen and oxygen atoms in total. The summed E-state index contributed by atoms with van der Waals surface area (Å²) in [4.78, 5) is 50.2. The third kappa shape index (κ3) is 7.21. The van der Waals surface area contributed by atoms with E-state index in [9.17, 15) is 40.0 Å². The summed E-state index contributed by atoms with van der Waals surface area (Å²) in [5.74, 6) is -1.77. The number of aromatic hydroxyl groups is 2. The molecule has 6 aromatic rings. The maximum Gasteiger partial charge on any atom is 0.343 e. The van der Waals surface area contributed by atoms with Crippen molar-refractivity contribution < 1.29 is 39.1 Å². The van der Waals surface area contributed by atoms with E-state index in [1.54, 1.807) is 97.1 Å². The van der Waals surface area contributed by atoms with Crippen LogP contribution in [0.3, 0.4) is 0 Å². The third-order valence-electron chi connectivity index (χ3n) is 9.22. The number of esters is 2. The van der Waals surface area contributed by atoms with Crippen LogP contribution in [-0.2, 0) is 25.7 Å². The maximum absolute atomic E-state index is 13.4. The average molecular weight is 723 g/mol. The van der Waals surface area contributed by atoms with Crippen LogP contribution in [0.5, 0.6) is 23.0 Å². The number of hydrogen-bond donors (Lipinski definition) is 2. The number of non-ortho nitro benzene ring substituents is 2. The monoisotopic (exact) mass is 722 g/mol. The van der Waals surface area contributed by atoms with E-state index in [2.05, 4.69) is 0 Å². The van der Waals surface area contributed by atoms with Crippen LogP contribution < -0.4 is 9.47 Å². The molecule has 0 spiro atoms. The van der Waals surface area contributed by atoms with Crippen molar-refractivity contribution in [1.82, 2.24) is 0 Å². The number of benzene rings is 6. The van der Waals surface area contributed by atoms with Crippen LogP contribution >= 0.6 is 0 Å². The fourth-order valence-corrected chi connectivity index (χ4v) is 6.60. The molecule has 0 aromatic heterocycles. The summed E-state index contributed by atoms with van der Waals surface area (Å²) < 4.78 is 12.0. The number of para-hydroxylation sites is 2. The van der Waals surface area contributed by atoms with Gasteiger partial charge in [-0.05, 0) is 46.5 Å². The molecule has 1 aliphatic rings. The quantitative estimate of drug-likeness (QED) is 0.0738. The third-order valence-corrected chi connectivity index (χ3v) is 9.22. The first-order valence-corrected chi connectivity index (χ1v) is 16.8. The highest BCUT2D eigenvalue weighted by Crippen LogP contribution is 2.40. The Labute approximate surface area is 307 Å². The predicted molar refractivity (Wildman–Crippen MR) is 196 cm³/mol. The van der Waals surface area contributed by atoms with Gasteiger partial charge in [-0.15, -0.1) is 0 Å². The van der Waals surface area contributed by atoms with E-state index in [1.807, 2.05) is 0 Å². The minimum atomic E-state index is -0.706. The second-order valence-electron chi connectivity index (χ2n) is 12.8. The minimum Gasteiger partial charge on any atom is -0.507 e. The molecule has 0 saturated heterocycles. The number of phenolic OH excluding ortho intramolecular Hbond substituents is 2. The first-order chi connectivity index (χ1) is 26.0. The molecule has 0 unspecified atom stereocenters. The molecule has 0 atom stereocenters. The topological polar surface area (TPSA) is 179 Å². The summed E-state index contributed by atoms with van der Waals surface area (Å²) >= 11 is 0. The summed E-state index contributed by atoms with van der Waals surface area (Å²) in [5, 5.41) is 47.9. The number of nitro benzene ring substituents is 2. The Balaban J connectivity index is 1.46. The van der Waals surface area contributed by atoms with Gasteiger partial charge in [-0.2, -0.15) is 0 Å². The first-order valence-electron chi connectivity index (χ1n) is 16.8. The van der Waals surface area contributed by atoms with Gasteiger partial charge in [0.1, 0.15) is 23.0 Å². The molecular formula is C42H30N2O10. The Morgan fingerprint density at radius 1 is 0.463 bits per heavy atom. The van der Waals surface area contributed by atoms with Gasteiger partial charge >= 0.3 is 11.9 Å². The summed E-state index contributed by atoms with van der Waals surface area (Å²) in [6.45, 7) is 0. The van der Waals surface area contributed by atoms with Crippen LogP contribution in [0, 0.1) is 20.2 Å². The number of fused-ring (bicyclic) bond motifs is 8. The highest BCUT2D eigenvalue weighted by atomic mass is 16.6. The number of hydrogen-bond acceptors (Lipinski definition) is 10. The molecule has 8 bridgehead atoms. The summed E-state index contributed by atoms with van der Waals surface area (Å²) in [5.41, 5.74) is 1.97. The highest BCUT2D eigenvalue weighted by Gasteiger charge is 2.26. The number of rotatable bonds is 6. The molecular weight excluding hydrogens is 692 g/mol. The van der Waals surface area contributed by atoms with Gasteiger partial charge < -0.3 is 19.7 Å². The van der Waals surface area contributed by atoms with Crippen LogP contribution in [0.15, 0.2) is 121 Å². The number of nitrogens with zero attached hydrogens (tertiary/aromatic N) is 2. The lowest BCUT2D eigenvalue weighted by molar-refractivity contribution is -0.385. The fraction of sp³-hybridized carbons (Fsp3) is 0.0952. The van der Waals surface area contributed by atoms with Gasteiger partial charge in [-0.1, -0.05) is 72.8 Å². The molecule has 2 N–H and O–H groups in total. The molecule has 0 aliphatic heterocycles. The van der Waals surface area contributed by atoms with Crippen LogP contribution in [0.25, 0.3) is 0 Å². The minimum absolute atomic E-state index is 0.0682. The zero-order valence-electron chi connectivity index (χ0n) is 28.4. The molecule has 7 rings (SSSR count). The molecule has 0 amide bonds. The Morgan fingerprint density at radius 3 is 1.04 bits per heavy atom. The summed E-state index contributed by atoms with van der Waals surface area (Å²) in [6.07, 6.45) is -0.525. The molecule has 268 valence electrons. The highest BCUT2D eigenvalue weighted by molar-refractivity contribution is 5.92. The van der Waals surface area contributed by atoms with Gasteiger partial charge in [0.2, 0.25) is 0 Å². The van der Waals surface area contributed by atoms with Gasteiger partial charge in [-0.3, -0.25) is 20.2 Å². The summed E-state index contributed by atoms with van der Waals surface area (Å²) in [7, 11) is 0. The van der Waals surface area contributed by atoms with Crippen molar-refractivity contribution in [3.63, 3.8) is 0 Å². The lowest BCUT2D eigenvalue weighted by Crippen LogP contribution is -2.13. The van der Waals surface area contributed by atoms with E-state index in [0.29, 0.717) is 22.3 Å². The van der Waals surface area contributed by atoms with Crippen LogP contribution in [0.4, 0.5) is 11.4 Å². The summed E-state index contributed by atoms with van der Waals surface area (Å²) in [6, 6.07) is 31.3. The van der Waals surface area contributed by atoms with Gasteiger partial charge in [-0.25, -0.2) is 9.59 Å². The van der Waals surface area contributed by atoms with E-state index in [0.717, 1.165) is 0 Å². The molecule has 0 radical (unpaired) electrons. The van der Waals surface area contributed by atoms with E-state index >= 15 is 0 Å². The molecule has 6 aromatic carbocycles. The van der Waals surface area contributed by atoms with Crippen LogP contribution in [0.1, 0.15) is 65.2 Å². The average Bonchev–Trinajstić information content (AvgIpc) is 3.17. The van der Waals surface area contributed by atoms with E-state index in [4.69, 9.17) is 9.47 Å². The molecule has 12 heteroatoms. The smallest absolute Gasteiger partial charge is 0.343 e. The van der Waals surface area contributed by atoms with Crippen molar-refractivity contribution in [1.29, 1.82) is 0 Å². The van der Waals surface area contributed by atoms with Crippen molar-refractivity contribution in [3.8, 4) is 23.0 Å². The molecule has 1 aliphatic carbocycles. The van der Waals surface area contributed by atoms with Crippen molar-refractivity contribution in [3.05, 3.63) is 197 Å². The number of carbonyl (C=O) groups is 2. The number of phenols is 2. The molecule has 54 heavy (non-hydrogen) atoms. The number of carbonyl (C=O) groups excluding carboxylic acids is 2. The number of nitro groups is 2. The van der Waals surface area contributed by atoms with Gasteiger partial charge in [0.15, 0.2) is 0 Å². The van der Waals surface area contributed by atoms with E-state index in [-0.39, 0.29) is 93.4 Å². The predicted octanol–water partition coefficient (Wildman–Crippen LogP) is 8.03. The normalized spacial score (nSPS) is 12.0. The fourth-order valence-electron chi connectivity index (χ4n) is 6.60. The van der Waals surface area contributed by atoms with Crippen LogP contribution in [0.2, 0.25) is 0 Å². The SMILES string of the molecule is O=C(Oc1c2cccc1Cc1cc([N+](=O)[O-])cc(c1O)Cc1cccc(c1OC(=O)c1ccccc1)Cc1cc([N+](=O)[O-])cc(c1O)C2)c1ccccc1. The lowest BCUT2D eigenvalue weighted by atomic mass is 9.91. The second kappa shape index (κ2) is 14.7. The zero-order valence-corrected chi connectivity index (χ0v) is 28.4. The van der Waals surface area contributed by atoms with Crippen molar-refractivity contribution in [2.75, 3.05) is 0 Å². The van der Waals surface area contributed by atoms with Gasteiger partial charge in [0.25, 0.3) is 11.4 Å². The zero-order chi connectivity index (χ0) is 37.9. The Kier molecular flexibility index (Phi) is 9.56. The Bertz CT molecular complexity index is 2200. The standard InChI is InChI=1S/C42H30N2O10/c45-37-31-17-27-13-7-14-28(39(27)53-41(47)25-9-3-1-4-10-25)18-32-22-36(44(51)52)24-34(38(32)46)20-30-16-8-15-29(19-33(37)23-35(21-31)43(49)50)40(30)54-42(48)26-11-5-2-6-12-26/h1-16,21-24,45-46H,17-20H2. The van der Waals surface area contributed by atoms with Crippen molar-refractivity contribution >= 4 is 23.3 Å².